The Hall–Kier alpha value is -1.94. The standard InChI is InChI=1S/C65H126O17P2/c1-6-9-12-15-18-21-24-25-26-27-30-35-41-46-51-65(70)82-61(55-76-63(68)49-44-39-36-31-32-37-42-47-58(4)5)57-80-84(73,74)78-53-59(66)52-77-83(71,72)79-56-60(81-64(69)50-45-40-34-29-23-20-17-14-11-8-3)54-75-62(67)48-43-38-33-28-22-19-16-13-10-7-2/h58-61,66H,6-57H2,1-5H3,(H,71,72)(H,73,74)/t59-,60+,61+/m0/s1. The summed E-state index contributed by atoms with van der Waals surface area (Å²) in [4.78, 5) is 72.2. The lowest BCUT2D eigenvalue weighted by molar-refractivity contribution is -0.161. The number of ether oxygens (including phenoxy) is 4. The van der Waals surface area contributed by atoms with Crippen molar-refractivity contribution in [2.24, 2.45) is 5.92 Å². The second-order valence-electron chi connectivity index (χ2n) is 24.0. The third kappa shape index (κ3) is 59.0. The summed E-state index contributed by atoms with van der Waals surface area (Å²) in [7, 11) is -9.89. The highest BCUT2D eigenvalue weighted by atomic mass is 31.2. The van der Waals surface area contributed by atoms with Crippen molar-refractivity contribution in [2.45, 2.75) is 348 Å². The lowest BCUT2D eigenvalue weighted by Crippen LogP contribution is -2.30. The first-order valence-corrected chi connectivity index (χ1v) is 37.1. The average molecular weight is 1240 g/mol. The summed E-state index contributed by atoms with van der Waals surface area (Å²) in [5.41, 5.74) is 0. The van der Waals surface area contributed by atoms with E-state index in [0.29, 0.717) is 31.6 Å². The van der Waals surface area contributed by atoms with Crippen molar-refractivity contribution in [3.8, 4) is 0 Å². The molecule has 0 bridgehead atoms. The van der Waals surface area contributed by atoms with Gasteiger partial charge in [-0.1, -0.05) is 279 Å². The van der Waals surface area contributed by atoms with Gasteiger partial charge in [0.05, 0.1) is 26.4 Å². The van der Waals surface area contributed by atoms with E-state index in [2.05, 4.69) is 34.6 Å². The molecule has 0 heterocycles. The van der Waals surface area contributed by atoms with Crippen LogP contribution in [-0.2, 0) is 65.4 Å². The number of esters is 4. The third-order valence-corrected chi connectivity index (χ3v) is 16.9. The fraction of sp³-hybridized carbons (Fsp3) is 0.938. The number of aliphatic hydroxyl groups is 1. The van der Waals surface area contributed by atoms with E-state index >= 15 is 0 Å². The second kappa shape index (κ2) is 58.7. The van der Waals surface area contributed by atoms with Crippen molar-refractivity contribution in [3.05, 3.63) is 0 Å². The molecule has 19 heteroatoms. The fourth-order valence-corrected chi connectivity index (χ4v) is 11.3. The summed E-state index contributed by atoms with van der Waals surface area (Å²) in [6.45, 7) is 7.14. The molecule has 2 unspecified atom stereocenters. The number of carbonyl (C=O) groups is 4. The molecule has 0 aliphatic heterocycles. The van der Waals surface area contributed by atoms with Crippen LogP contribution in [0.3, 0.4) is 0 Å². The molecule has 0 aliphatic carbocycles. The van der Waals surface area contributed by atoms with Crippen molar-refractivity contribution < 1.29 is 80.2 Å². The summed E-state index contributed by atoms with van der Waals surface area (Å²) >= 11 is 0. The van der Waals surface area contributed by atoms with Crippen molar-refractivity contribution >= 4 is 39.5 Å². The van der Waals surface area contributed by atoms with Gasteiger partial charge < -0.3 is 33.8 Å². The minimum absolute atomic E-state index is 0.107. The van der Waals surface area contributed by atoms with Gasteiger partial charge in [0, 0.05) is 25.7 Å². The third-order valence-electron chi connectivity index (χ3n) is 15.0. The Kier molecular flexibility index (Phi) is 57.4. The topological polar surface area (TPSA) is 237 Å². The van der Waals surface area contributed by atoms with Crippen molar-refractivity contribution in [1.82, 2.24) is 0 Å². The van der Waals surface area contributed by atoms with Crippen molar-refractivity contribution in [1.29, 1.82) is 0 Å². The molecular weight excluding hydrogens is 1110 g/mol. The minimum Gasteiger partial charge on any atom is -0.462 e. The van der Waals surface area contributed by atoms with Gasteiger partial charge in [0.2, 0.25) is 0 Å². The molecule has 0 saturated carbocycles. The Morgan fingerprint density at radius 3 is 0.810 bits per heavy atom. The highest BCUT2D eigenvalue weighted by molar-refractivity contribution is 7.47. The van der Waals surface area contributed by atoms with Crippen LogP contribution in [0, 0.1) is 5.92 Å². The summed E-state index contributed by atoms with van der Waals surface area (Å²) in [6, 6.07) is 0. The van der Waals surface area contributed by atoms with Gasteiger partial charge in [-0.25, -0.2) is 9.13 Å². The molecule has 0 amide bonds. The Morgan fingerprint density at radius 2 is 0.548 bits per heavy atom. The van der Waals surface area contributed by atoms with Gasteiger partial charge in [0.15, 0.2) is 12.2 Å². The maximum absolute atomic E-state index is 13.0. The predicted molar refractivity (Wildman–Crippen MR) is 335 cm³/mol. The van der Waals surface area contributed by atoms with E-state index in [-0.39, 0.29) is 25.7 Å². The quantitative estimate of drug-likeness (QED) is 0.0222. The molecule has 0 fully saturated rings. The first-order chi connectivity index (χ1) is 40.5. The fourth-order valence-electron chi connectivity index (χ4n) is 9.76. The molecule has 17 nitrogen and oxygen atoms in total. The highest BCUT2D eigenvalue weighted by Crippen LogP contribution is 2.45. The number of hydrogen-bond donors (Lipinski definition) is 3. The number of carbonyl (C=O) groups excluding carboxylic acids is 4. The van der Waals surface area contributed by atoms with Gasteiger partial charge in [0.1, 0.15) is 19.3 Å². The number of aliphatic hydroxyl groups excluding tert-OH is 1. The summed E-state index contributed by atoms with van der Waals surface area (Å²) < 4.78 is 68.0. The van der Waals surface area contributed by atoms with Gasteiger partial charge in [-0.05, 0) is 31.6 Å². The van der Waals surface area contributed by atoms with Crippen molar-refractivity contribution in [3.63, 3.8) is 0 Å². The van der Waals surface area contributed by atoms with Gasteiger partial charge in [-0.2, -0.15) is 0 Å². The monoisotopic (exact) mass is 1240 g/mol. The van der Waals surface area contributed by atoms with Crippen LogP contribution in [0.4, 0.5) is 0 Å². The zero-order chi connectivity index (χ0) is 62.0. The SMILES string of the molecule is CCCCCCCCCCCCCCCCC(=O)O[C@H](COC(=O)CCCCCCCCCC(C)C)COP(=O)(O)OC[C@@H](O)COP(=O)(O)OC[C@@H](COC(=O)CCCCCCCCCCCC)OC(=O)CCCCCCCCCCCC. The molecule has 0 aromatic rings. The van der Waals surface area contributed by atoms with Gasteiger partial charge in [-0.15, -0.1) is 0 Å². The predicted octanol–water partition coefficient (Wildman–Crippen LogP) is 18.2. The zero-order valence-corrected chi connectivity index (χ0v) is 55.8. The first-order valence-electron chi connectivity index (χ1n) is 34.1. The van der Waals surface area contributed by atoms with Gasteiger partial charge >= 0.3 is 39.5 Å². The van der Waals surface area contributed by atoms with E-state index in [0.717, 1.165) is 96.3 Å². The molecule has 5 atom stereocenters. The van der Waals surface area contributed by atoms with Crippen LogP contribution in [0.5, 0.6) is 0 Å². The van der Waals surface area contributed by atoms with E-state index in [9.17, 15) is 43.2 Å². The summed E-state index contributed by atoms with van der Waals surface area (Å²) in [5.74, 6) is -1.42. The number of phosphoric acid groups is 2. The van der Waals surface area contributed by atoms with Gasteiger partial charge in [-0.3, -0.25) is 37.3 Å². The van der Waals surface area contributed by atoms with E-state index in [1.165, 1.54) is 148 Å². The van der Waals surface area contributed by atoms with E-state index in [1.807, 2.05) is 0 Å². The number of rotatable bonds is 65. The number of unbranched alkanes of at least 4 members (excludes halogenated alkanes) is 37. The minimum atomic E-state index is -4.94. The largest absolute Gasteiger partial charge is 0.472 e. The van der Waals surface area contributed by atoms with E-state index in [4.69, 9.17) is 37.0 Å². The lowest BCUT2D eigenvalue weighted by atomic mass is 10.0. The molecule has 0 spiro atoms. The summed E-state index contributed by atoms with van der Waals surface area (Å²) in [5, 5.41) is 10.5. The molecule has 0 rings (SSSR count). The van der Waals surface area contributed by atoms with Crippen LogP contribution < -0.4 is 0 Å². The normalized spacial score (nSPS) is 14.2. The zero-order valence-electron chi connectivity index (χ0n) is 54.0. The highest BCUT2D eigenvalue weighted by Gasteiger charge is 2.30. The number of hydrogen-bond acceptors (Lipinski definition) is 15. The molecule has 0 aromatic carbocycles. The number of phosphoric ester groups is 2. The van der Waals surface area contributed by atoms with Crippen LogP contribution in [-0.4, -0.2) is 96.7 Å². The van der Waals surface area contributed by atoms with E-state index in [1.54, 1.807) is 0 Å². The van der Waals surface area contributed by atoms with Crippen LogP contribution in [0.1, 0.15) is 330 Å². The van der Waals surface area contributed by atoms with Crippen LogP contribution in [0.15, 0.2) is 0 Å². The van der Waals surface area contributed by atoms with Crippen LogP contribution in [0.2, 0.25) is 0 Å². The molecule has 0 saturated heterocycles. The Bertz CT molecular complexity index is 1640. The first kappa shape index (κ1) is 82.1. The lowest BCUT2D eigenvalue weighted by Gasteiger charge is -2.21. The average Bonchev–Trinajstić information content (AvgIpc) is 3.50. The molecule has 3 N–H and O–H groups in total. The molecule has 84 heavy (non-hydrogen) atoms. The van der Waals surface area contributed by atoms with Gasteiger partial charge in [0.25, 0.3) is 0 Å². The Labute approximate surface area is 511 Å². The summed E-state index contributed by atoms with van der Waals surface area (Å²) in [6.07, 6.45) is 43.0. The smallest absolute Gasteiger partial charge is 0.462 e. The Balaban J connectivity index is 5.23. The molecule has 0 radical (unpaired) electrons. The molecule has 0 aromatic heterocycles. The van der Waals surface area contributed by atoms with Crippen LogP contribution in [0.25, 0.3) is 0 Å². The second-order valence-corrected chi connectivity index (χ2v) is 26.9. The molecule has 0 aliphatic rings. The maximum Gasteiger partial charge on any atom is 0.472 e. The molecule has 498 valence electrons. The van der Waals surface area contributed by atoms with Crippen LogP contribution >= 0.6 is 15.6 Å². The molecular formula is C65H126O17P2. The Morgan fingerprint density at radius 1 is 0.321 bits per heavy atom. The van der Waals surface area contributed by atoms with E-state index < -0.39 is 97.5 Å². The van der Waals surface area contributed by atoms with Crippen molar-refractivity contribution in [2.75, 3.05) is 39.6 Å². The maximum atomic E-state index is 13.0.